The summed E-state index contributed by atoms with van der Waals surface area (Å²) in [7, 11) is 0. The van der Waals surface area contributed by atoms with Crippen LogP contribution in [0, 0.1) is 11.8 Å². The van der Waals surface area contributed by atoms with Crippen molar-refractivity contribution in [2.24, 2.45) is 11.8 Å². The lowest BCUT2D eigenvalue weighted by Crippen LogP contribution is -2.45. The van der Waals surface area contributed by atoms with Crippen LogP contribution in [0.2, 0.25) is 0 Å². The first-order chi connectivity index (χ1) is 23.2. The Labute approximate surface area is 286 Å². The second-order valence-corrected chi connectivity index (χ2v) is 12.7. The summed E-state index contributed by atoms with van der Waals surface area (Å²) in [5.41, 5.74) is 11.5. The van der Waals surface area contributed by atoms with E-state index >= 15 is 0 Å². The molecular formula is C38H58N4O6. The highest BCUT2D eigenvalue weighted by Crippen LogP contribution is 2.26. The van der Waals surface area contributed by atoms with E-state index in [9.17, 15) is 29.4 Å². The van der Waals surface area contributed by atoms with Crippen LogP contribution in [0.4, 0.5) is 0 Å². The fourth-order valence-electron chi connectivity index (χ4n) is 5.79. The Morgan fingerprint density at radius 1 is 0.542 bits per heavy atom. The highest BCUT2D eigenvalue weighted by Gasteiger charge is 2.25. The first-order valence-electron chi connectivity index (χ1n) is 18.0. The number of carbonyl (C=O) groups is 4. The Bertz CT molecular complexity index is 1310. The summed E-state index contributed by atoms with van der Waals surface area (Å²) in [6, 6.07) is 10.1. The molecule has 0 bridgehead atoms. The normalized spacial score (nSPS) is 12.2. The van der Waals surface area contributed by atoms with Gasteiger partial charge in [-0.3, -0.25) is 40.9 Å². The van der Waals surface area contributed by atoms with Gasteiger partial charge in [-0.2, -0.15) is 0 Å². The van der Waals surface area contributed by atoms with Crippen molar-refractivity contribution in [1.29, 1.82) is 0 Å². The molecule has 0 fully saturated rings. The monoisotopic (exact) mass is 666 g/mol. The molecule has 0 saturated heterocycles. The maximum atomic E-state index is 13.2. The molecule has 2 aromatic rings. The zero-order valence-corrected chi connectivity index (χ0v) is 29.5. The van der Waals surface area contributed by atoms with Crippen molar-refractivity contribution in [1.82, 2.24) is 21.7 Å². The Hall–Kier alpha value is -4.08. The average molecular weight is 667 g/mol. The molecule has 6 N–H and O–H groups in total. The van der Waals surface area contributed by atoms with Crippen molar-refractivity contribution in [2.75, 3.05) is 0 Å². The fourth-order valence-corrected chi connectivity index (χ4v) is 5.79. The van der Waals surface area contributed by atoms with Gasteiger partial charge in [0.1, 0.15) is 11.5 Å². The first kappa shape index (κ1) is 40.1. The first-order valence-corrected chi connectivity index (χ1v) is 18.0. The molecule has 0 saturated carbocycles. The summed E-state index contributed by atoms with van der Waals surface area (Å²) in [6.45, 7) is 8.16. The predicted octanol–water partition coefficient (Wildman–Crippen LogP) is 7.18. The summed E-state index contributed by atoms with van der Waals surface area (Å²) in [4.78, 5) is 51.9. The highest BCUT2D eigenvalue weighted by molar-refractivity contribution is 5.99. The molecule has 0 aliphatic carbocycles. The molecule has 2 aromatic carbocycles. The number of nitrogens with one attached hydrogen (secondary N) is 4. The minimum atomic E-state index is -0.602. The van der Waals surface area contributed by atoms with Gasteiger partial charge in [0.05, 0.1) is 11.1 Å². The third kappa shape index (κ3) is 13.2. The topological polar surface area (TPSA) is 157 Å². The van der Waals surface area contributed by atoms with E-state index in [0.717, 1.165) is 64.2 Å². The number of hydrogen-bond acceptors (Lipinski definition) is 6. The van der Waals surface area contributed by atoms with Gasteiger partial charge >= 0.3 is 0 Å². The third-order valence-electron chi connectivity index (χ3n) is 8.93. The predicted molar refractivity (Wildman–Crippen MR) is 189 cm³/mol. The molecular weight excluding hydrogens is 608 g/mol. The SMILES string of the molecule is CCCCCCc1cccc(C(=O)NNC(=O)C(CC)CCC(CCCC)C(=O)NNC(=O)c2cccc(CCCCCC)c2O)c1O. The molecule has 266 valence electrons. The van der Waals surface area contributed by atoms with Crippen molar-refractivity contribution in [3.05, 3.63) is 58.7 Å². The Kier molecular flexibility index (Phi) is 18.8. The summed E-state index contributed by atoms with van der Waals surface area (Å²) in [5.74, 6) is -3.00. The van der Waals surface area contributed by atoms with E-state index in [0.29, 0.717) is 49.7 Å². The molecule has 0 spiro atoms. The molecule has 0 aromatic heterocycles. The van der Waals surface area contributed by atoms with Gasteiger partial charge in [-0.05, 0) is 74.6 Å². The lowest BCUT2D eigenvalue weighted by molar-refractivity contribution is -0.128. The van der Waals surface area contributed by atoms with Crippen LogP contribution < -0.4 is 21.7 Å². The summed E-state index contributed by atoms with van der Waals surface area (Å²) >= 11 is 0. The number of hydrogen-bond donors (Lipinski definition) is 6. The summed E-state index contributed by atoms with van der Waals surface area (Å²) in [5, 5.41) is 21.4. The van der Waals surface area contributed by atoms with E-state index < -0.39 is 23.7 Å². The summed E-state index contributed by atoms with van der Waals surface area (Å²) < 4.78 is 0. The van der Waals surface area contributed by atoms with Crippen LogP contribution in [-0.4, -0.2) is 33.8 Å². The van der Waals surface area contributed by atoms with E-state index in [-0.39, 0.29) is 34.4 Å². The van der Waals surface area contributed by atoms with E-state index in [2.05, 4.69) is 35.6 Å². The number of para-hydroxylation sites is 2. The largest absolute Gasteiger partial charge is 0.507 e. The van der Waals surface area contributed by atoms with E-state index in [1.807, 2.05) is 13.8 Å². The maximum Gasteiger partial charge on any atom is 0.273 e. The summed E-state index contributed by atoms with van der Waals surface area (Å²) in [6.07, 6.45) is 13.3. The van der Waals surface area contributed by atoms with Crippen molar-refractivity contribution in [2.45, 2.75) is 130 Å². The van der Waals surface area contributed by atoms with Gasteiger partial charge in [0.15, 0.2) is 0 Å². The van der Waals surface area contributed by atoms with Crippen LogP contribution in [0.15, 0.2) is 36.4 Å². The van der Waals surface area contributed by atoms with Crippen LogP contribution in [0.3, 0.4) is 0 Å². The van der Waals surface area contributed by atoms with Crippen molar-refractivity contribution in [3.63, 3.8) is 0 Å². The van der Waals surface area contributed by atoms with Gasteiger partial charge in [-0.1, -0.05) is 103 Å². The number of aryl methyl sites for hydroxylation is 2. The lowest BCUT2D eigenvalue weighted by atomic mass is 9.90. The standard InChI is InChI=1S/C38H58N4O6/c1-5-9-12-14-19-28-21-16-23-31(33(28)43)37(47)41-39-35(45)27(8-4)25-26-30(18-11-7-3)36(46)40-42-38(48)32-24-17-22-29(34(32)44)20-15-13-10-6-2/h16-17,21-24,27,30,43-44H,5-15,18-20,25-26H2,1-4H3,(H,39,45)(H,40,46)(H,41,47)(H,42,48). The van der Waals surface area contributed by atoms with Crippen LogP contribution in [0.1, 0.15) is 149 Å². The van der Waals surface area contributed by atoms with Crippen molar-refractivity contribution in [3.8, 4) is 11.5 Å². The Morgan fingerprint density at radius 2 is 0.979 bits per heavy atom. The van der Waals surface area contributed by atoms with E-state index in [1.54, 1.807) is 24.3 Å². The number of phenols is 2. The number of amides is 4. The van der Waals surface area contributed by atoms with Gasteiger partial charge in [0.2, 0.25) is 11.8 Å². The van der Waals surface area contributed by atoms with E-state index in [4.69, 9.17) is 0 Å². The number of unbranched alkanes of at least 4 members (excludes halogenated alkanes) is 7. The molecule has 48 heavy (non-hydrogen) atoms. The molecule has 2 atom stereocenters. The minimum Gasteiger partial charge on any atom is -0.507 e. The lowest BCUT2D eigenvalue weighted by Gasteiger charge is -2.21. The number of phenolic OH excluding ortho intramolecular Hbond substituents is 2. The molecule has 0 aliphatic rings. The van der Waals surface area contributed by atoms with Gasteiger partial charge < -0.3 is 10.2 Å². The van der Waals surface area contributed by atoms with Crippen LogP contribution >= 0.6 is 0 Å². The number of rotatable bonds is 21. The molecule has 2 rings (SSSR count). The second-order valence-electron chi connectivity index (χ2n) is 12.7. The third-order valence-corrected chi connectivity index (χ3v) is 8.93. The number of benzene rings is 2. The van der Waals surface area contributed by atoms with Crippen molar-refractivity contribution >= 4 is 23.6 Å². The molecule has 0 aliphatic heterocycles. The minimum absolute atomic E-state index is 0.0718. The van der Waals surface area contributed by atoms with Crippen molar-refractivity contribution < 1.29 is 29.4 Å². The second kappa shape index (κ2) is 22.5. The van der Waals surface area contributed by atoms with Crippen LogP contribution in [0.5, 0.6) is 11.5 Å². The zero-order chi connectivity index (χ0) is 35.3. The molecule has 10 heteroatoms. The Balaban J connectivity index is 1.94. The fraction of sp³-hybridized carbons (Fsp3) is 0.579. The maximum absolute atomic E-state index is 13.2. The average Bonchev–Trinajstić information content (AvgIpc) is 3.09. The van der Waals surface area contributed by atoms with Crippen LogP contribution in [-0.2, 0) is 22.4 Å². The quantitative estimate of drug-likeness (QED) is 0.0612. The number of hydrazine groups is 2. The van der Waals surface area contributed by atoms with Gasteiger partial charge in [0, 0.05) is 11.8 Å². The molecule has 0 radical (unpaired) electrons. The number of aromatic hydroxyl groups is 2. The molecule has 2 unspecified atom stereocenters. The Morgan fingerprint density at radius 3 is 1.42 bits per heavy atom. The van der Waals surface area contributed by atoms with E-state index in [1.165, 1.54) is 12.1 Å². The zero-order valence-electron chi connectivity index (χ0n) is 29.5. The number of carbonyl (C=O) groups excluding carboxylic acids is 4. The molecule has 0 heterocycles. The smallest absolute Gasteiger partial charge is 0.273 e. The van der Waals surface area contributed by atoms with Gasteiger partial charge in [-0.15, -0.1) is 0 Å². The highest BCUT2D eigenvalue weighted by atomic mass is 16.3. The molecule has 10 nitrogen and oxygen atoms in total. The molecule has 4 amide bonds. The van der Waals surface area contributed by atoms with Gasteiger partial charge in [0.25, 0.3) is 11.8 Å². The van der Waals surface area contributed by atoms with Gasteiger partial charge in [-0.25, -0.2) is 0 Å². The van der Waals surface area contributed by atoms with Crippen LogP contribution in [0.25, 0.3) is 0 Å².